The van der Waals surface area contributed by atoms with Gasteiger partial charge in [-0.3, -0.25) is 14.2 Å². The molecule has 0 bridgehead atoms. The molecule has 9 nitrogen and oxygen atoms in total. The van der Waals surface area contributed by atoms with Crippen LogP contribution in [0.25, 0.3) is 0 Å². The number of carbonyl (C=O) groups excluding carboxylic acids is 2. The molecule has 0 saturated heterocycles. The lowest BCUT2D eigenvalue weighted by Crippen LogP contribution is -2.37. The molecule has 10 heteroatoms. The highest BCUT2D eigenvalue weighted by Gasteiger charge is 2.22. The molecule has 0 amide bonds. The first-order valence-electron chi connectivity index (χ1n) is 39.6. The molecule has 0 fully saturated rings. The standard InChI is InChI=1S/C84H150NO8P/c1-6-8-10-12-14-16-18-20-22-24-26-28-30-32-34-36-37-38-39-40-41-42-43-44-45-46-47-49-50-52-54-56-58-60-62-64-66-68-70-72-74-76-83(86)90-80-82(81-92-94(88,89)91-79-78-85(3,4)5)93-84(87)77-75-73-71-69-67-65-63-61-59-57-55-53-51-48-35-33-31-29-27-25-23-21-19-17-15-13-11-9-7-2/h8-11,14-17,20-23,26-29,33,35,82H,6-7,12-13,18-19,24-25,30-32,34,36-81H2,1-5H3/b10-8-,11-9-,16-14-,17-15-,22-20-,23-21-,28-26-,29-27-,35-33-. The van der Waals surface area contributed by atoms with Crippen molar-refractivity contribution in [3.05, 3.63) is 109 Å². The minimum absolute atomic E-state index is 0.0323. The second-order valence-corrected chi connectivity index (χ2v) is 29.1. The lowest BCUT2D eigenvalue weighted by molar-refractivity contribution is -0.870. The minimum Gasteiger partial charge on any atom is -0.756 e. The molecule has 544 valence electrons. The van der Waals surface area contributed by atoms with E-state index in [1.807, 2.05) is 21.1 Å². The van der Waals surface area contributed by atoms with Crippen molar-refractivity contribution < 1.29 is 42.1 Å². The zero-order chi connectivity index (χ0) is 68.3. The SMILES string of the molecule is CC/C=C\C/C=C\C/C=C\C/C=C\C/C=C\CCCCCCCCCCCCCCCC(=O)OC(COC(=O)CCCCCCCCCCCCCCCCCCCCCCCCCCCCCC/C=C\C/C=C\C/C=C\C/C=C\CC)COP(=O)([O-])OCC[N+](C)(C)C. The second-order valence-electron chi connectivity index (χ2n) is 27.7. The fraction of sp³-hybridized carbons (Fsp3) is 0.762. The average molecular weight is 1330 g/mol. The molecule has 0 N–H and O–H groups in total. The number of likely N-dealkylation sites (N-methyl/N-ethyl adjacent to an activating group) is 1. The molecule has 0 saturated carbocycles. The molecular formula is C84H150NO8P. The van der Waals surface area contributed by atoms with Gasteiger partial charge in [0.15, 0.2) is 6.10 Å². The van der Waals surface area contributed by atoms with Crippen LogP contribution in [-0.2, 0) is 32.7 Å². The Morgan fingerprint density at radius 2 is 0.574 bits per heavy atom. The number of phosphoric acid groups is 1. The van der Waals surface area contributed by atoms with Crippen LogP contribution in [0, 0.1) is 0 Å². The summed E-state index contributed by atoms with van der Waals surface area (Å²) >= 11 is 0. The van der Waals surface area contributed by atoms with Gasteiger partial charge in [0.1, 0.15) is 19.8 Å². The van der Waals surface area contributed by atoms with E-state index in [2.05, 4.69) is 123 Å². The van der Waals surface area contributed by atoms with E-state index in [1.165, 1.54) is 231 Å². The largest absolute Gasteiger partial charge is 0.756 e. The van der Waals surface area contributed by atoms with E-state index in [-0.39, 0.29) is 32.0 Å². The van der Waals surface area contributed by atoms with Gasteiger partial charge in [-0.1, -0.05) is 361 Å². The van der Waals surface area contributed by atoms with Crippen molar-refractivity contribution in [3.63, 3.8) is 0 Å². The number of hydrogen-bond donors (Lipinski definition) is 0. The van der Waals surface area contributed by atoms with E-state index in [0.717, 1.165) is 96.3 Å². The summed E-state index contributed by atoms with van der Waals surface area (Å²) in [5.74, 6) is -0.821. The first-order valence-corrected chi connectivity index (χ1v) is 41.1. The maximum absolute atomic E-state index is 12.9. The number of ether oxygens (including phenoxy) is 2. The van der Waals surface area contributed by atoms with Crippen LogP contribution in [0.5, 0.6) is 0 Å². The lowest BCUT2D eigenvalue weighted by Gasteiger charge is -2.28. The fourth-order valence-corrected chi connectivity index (χ4v) is 12.1. The first kappa shape index (κ1) is 90.7. The number of hydrogen-bond acceptors (Lipinski definition) is 8. The third-order valence-corrected chi connectivity index (χ3v) is 18.3. The number of allylic oxidation sites excluding steroid dienone is 18. The van der Waals surface area contributed by atoms with E-state index in [0.29, 0.717) is 17.4 Å². The number of esters is 2. The molecule has 0 aliphatic rings. The molecule has 0 aliphatic heterocycles. The molecule has 0 spiro atoms. The van der Waals surface area contributed by atoms with Crippen LogP contribution >= 0.6 is 7.82 Å². The highest BCUT2D eigenvalue weighted by Crippen LogP contribution is 2.38. The number of rotatable bonds is 73. The van der Waals surface area contributed by atoms with Crippen LogP contribution in [0.4, 0.5) is 0 Å². The predicted octanol–water partition coefficient (Wildman–Crippen LogP) is 25.8. The summed E-state index contributed by atoms with van der Waals surface area (Å²) in [5.41, 5.74) is 0. The van der Waals surface area contributed by atoms with Crippen molar-refractivity contribution >= 4 is 19.8 Å². The van der Waals surface area contributed by atoms with Crippen molar-refractivity contribution in [1.82, 2.24) is 0 Å². The van der Waals surface area contributed by atoms with Gasteiger partial charge in [-0.15, -0.1) is 0 Å². The third-order valence-electron chi connectivity index (χ3n) is 17.3. The normalized spacial score (nSPS) is 13.6. The molecule has 0 rings (SSSR count). The van der Waals surface area contributed by atoms with Gasteiger partial charge in [-0.05, 0) is 96.3 Å². The molecule has 94 heavy (non-hydrogen) atoms. The molecule has 0 radical (unpaired) electrons. The second kappa shape index (κ2) is 73.9. The molecule has 0 heterocycles. The van der Waals surface area contributed by atoms with Gasteiger partial charge < -0.3 is 27.9 Å². The van der Waals surface area contributed by atoms with Crippen LogP contribution in [0.2, 0.25) is 0 Å². The van der Waals surface area contributed by atoms with Crippen molar-refractivity contribution in [2.75, 3.05) is 47.5 Å². The van der Waals surface area contributed by atoms with Crippen molar-refractivity contribution in [3.8, 4) is 0 Å². The lowest BCUT2D eigenvalue weighted by atomic mass is 10.0. The van der Waals surface area contributed by atoms with Crippen molar-refractivity contribution in [2.45, 2.75) is 367 Å². The van der Waals surface area contributed by atoms with Gasteiger partial charge >= 0.3 is 11.9 Å². The monoisotopic (exact) mass is 1330 g/mol. The summed E-state index contributed by atoms with van der Waals surface area (Å²) in [5, 5.41) is 0. The summed E-state index contributed by atoms with van der Waals surface area (Å²) in [4.78, 5) is 38.2. The van der Waals surface area contributed by atoms with E-state index in [1.54, 1.807) is 0 Å². The first-order chi connectivity index (χ1) is 46.0. The summed E-state index contributed by atoms with van der Waals surface area (Å²) in [6.45, 7) is 4.06. The molecule has 0 aliphatic carbocycles. The molecule has 0 aromatic rings. The van der Waals surface area contributed by atoms with Gasteiger partial charge in [0, 0.05) is 12.8 Å². The Balaban J connectivity index is 3.91. The van der Waals surface area contributed by atoms with Gasteiger partial charge in [0.05, 0.1) is 27.7 Å². The third kappa shape index (κ3) is 77.7. The number of carbonyl (C=O) groups is 2. The Kier molecular flexibility index (Phi) is 71.3. The molecule has 0 aromatic carbocycles. The summed E-state index contributed by atoms with van der Waals surface area (Å²) in [6, 6.07) is 0. The quantitative estimate of drug-likeness (QED) is 0.0195. The number of quaternary nitrogens is 1. The predicted molar refractivity (Wildman–Crippen MR) is 406 cm³/mol. The number of unbranched alkanes of at least 4 members (excludes halogenated alkanes) is 41. The molecule has 0 aromatic heterocycles. The Bertz CT molecular complexity index is 1960. The van der Waals surface area contributed by atoms with Crippen LogP contribution < -0.4 is 4.89 Å². The van der Waals surface area contributed by atoms with Gasteiger partial charge in [-0.2, -0.15) is 0 Å². The Morgan fingerprint density at radius 1 is 0.330 bits per heavy atom. The summed E-state index contributed by atoms with van der Waals surface area (Å²) in [7, 11) is 1.17. The highest BCUT2D eigenvalue weighted by molar-refractivity contribution is 7.45. The average Bonchev–Trinajstić information content (AvgIpc) is 1.65. The van der Waals surface area contributed by atoms with Crippen LogP contribution in [0.1, 0.15) is 361 Å². The minimum atomic E-state index is -4.65. The molecular weight excluding hydrogens is 1180 g/mol. The summed E-state index contributed by atoms with van der Waals surface area (Å²) < 4.78 is 34.4. The van der Waals surface area contributed by atoms with E-state index >= 15 is 0 Å². The van der Waals surface area contributed by atoms with E-state index in [4.69, 9.17) is 18.5 Å². The maximum Gasteiger partial charge on any atom is 0.306 e. The van der Waals surface area contributed by atoms with E-state index in [9.17, 15) is 19.0 Å². The number of phosphoric ester groups is 1. The highest BCUT2D eigenvalue weighted by atomic mass is 31.2. The molecule has 2 unspecified atom stereocenters. The van der Waals surface area contributed by atoms with Gasteiger partial charge in [0.25, 0.3) is 7.82 Å². The van der Waals surface area contributed by atoms with Crippen LogP contribution in [0.3, 0.4) is 0 Å². The van der Waals surface area contributed by atoms with Crippen molar-refractivity contribution in [2.24, 2.45) is 0 Å². The van der Waals surface area contributed by atoms with Gasteiger partial charge in [0.2, 0.25) is 0 Å². The molecule has 2 atom stereocenters. The van der Waals surface area contributed by atoms with E-state index < -0.39 is 26.5 Å². The topological polar surface area (TPSA) is 111 Å². The maximum atomic E-state index is 12.9. The Hall–Kier alpha value is -3.33. The fourth-order valence-electron chi connectivity index (χ4n) is 11.3. The van der Waals surface area contributed by atoms with Crippen LogP contribution in [0.15, 0.2) is 109 Å². The zero-order valence-corrected chi connectivity index (χ0v) is 63.0. The van der Waals surface area contributed by atoms with Crippen LogP contribution in [-0.4, -0.2) is 70.0 Å². The van der Waals surface area contributed by atoms with Gasteiger partial charge in [-0.25, -0.2) is 0 Å². The zero-order valence-electron chi connectivity index (χ0n) is 62.1. The summed E-state index contributed by atoms with van der Waals surface area (Å²) in [6.07, 6.45) is 105. The van der Waals surface area contributed by atoms with Crippen molar-refractivity contribution in [1.29, 1.82) is 0 Å². The Morgan fingerprint density at radius 3 is 0.851 bits per heavy atom. The smallest absolute Gasteiger partial charge is 0.306 e. The number of nitrogens with zero attached hydrogens (tertiary/aromatic N) is 1. The Labute approximate surface area is 582 Å².